The summed E-state index contributed by atoms with van der Waals surface area (Å²) in [4.78, 5) is 8.86. The first kappa shape index (κ1) is 16.5. The molecule has 0 radical (unpaired) electrons. The summed E-state index contributed by atoms with van der Waals surface area (Å²) < 4.78 is 15.7. The van der Waals surface area contributed by atoms with Crippen LogP contribution in [0.3, 0.4) is 0 Å². The molecule has 0 N–H and O–H groups in total. The highest BCUT2D eigenvalue weighted by Crippen LogP contribution is 2.33. The second-order valence-electron chi connectivity index (χ2n) is 6.00. The first-order valence-corrected chi connectivity index (χ1v) is 9.19. The SMILES string of the molecule is CCOC(C)n1cc(-c2ncc3nc(Br)nn3c2OC2CCC2)cn1. The van der Waals surface area contributed by atoms with E-state index in [-0.39, 0.29) is 12.3 Å². The van der Waals surface area contributed by atoms with E-state index < -0.39 is 0 Å². The van der Waals surface area contributed by atoms with Crippen LogP contribution in [0.15, 0.2) is 23.3 Å². The average Bonchev–Trinajstić information content (AvgIpc) is 3.16. The number of ether oxygens (including phenoxy) is 2. The number of hydrogen-bond donors (Lipinski definition) is 0. The zero-order valence-electron chi connectivity index (χ0n) is 14.1. The first-order chi connectivity index (χ1) is 12.2. The van der Waals surface area contributed by atoms with E-state index in [0.717, 1.165) is 18.4 Å². The van der Waals surface area contributed by atoms with Crippen LogP contribution in [0, 0.1) is 0 Å². The molecule has 0 bridgehead atoms. The predicted octanol–water partition coefficient (Wildman–Crippen LogP) is 3.24. The Balaban J connectivity index is 1.76. The Morgan fingerprint density at radius 3 is 2.92 bits per heavy atom. The number of rotatable bonds is 6. The van der Waals surface area contributed by atoms with Gasteiger partial charge in [-0.25, -0.2) is 9.67 Å². The third-order valence-corrected chi connectivity index (χ3v) is 4.63. The van der Waals surface area contributed by atoms with E-state index in [1.807, 2.05) is 20.0 Å². The Morgan fingerprint density at radius 1 is 1.36 bits per heavy atom. The van der Waals surface area contributed by atoms with Gasteiger partial charge < -0.3 is 9.47 Å². The Kier molecular flexibility index (Phi) is 4.43. The summed E-state index contributed by atoms with van der Waals surface area (Å²) in [7, 11) is 0. The van der Waals surface area contributed by atoms with Crippen molar-refractivity contribution in [3.8, 4) is 17.1 Å². The van der Waals surface area contributed by atoms with E-state index in [1.165, 1.54) is 6.42 Å². The molecule has 1 unspecified atom stereocenters. The number of nitrogens with zero attached hydrogens (tertiary/aromatic N) is 6. The van der Waals surface area contributed by atoms with Gasteiger partial charge in [-0.15, -0.1) is 5.10 Å². The van der Waals surface area contributed by atoms with Crippen molar-refractivity contribution in [2.45, 2.75) is 45.4 Å². The van der Waals surface area contributed by atoms with Gasteiger partial charge in [0.1, 0.15) is 18.0 Å². The molecular weight excluding hydrogens is 388 g/mol. The minimum Gasteiger partial charge on any atom is -0.473 e. The van der Waals surface area contributed by atoms with Crippen LogP contribution in [-0.4, -0.2) is 42.1 Å². The first-order valence-electron chi connectivity index (χ1n) is 8.39. The van der Waals surface area contributed by atoms with Gasteiger partial charge in [-0.2, -0.15) is 14.6 Å². The summed E-state index contributed by atoms with van der Waals surface area (Å²) in [6, 6.07) is 0. The molecule has 132 valence electrons. The van der Waals surface area contributed by atoms with Crippen molar-refractivity contribution in [2.24, 2.45) is 0 Å². The zero-order valence-corrected chi connectivity index (χ0v) is 15.7. The smallest absolute Gasteiger partial charge is 0.244 e. The molecule has 9 heteroatoms. The lowest BCUT2D eigenvalue weighted by molar-refractivity contribution is 0.0160. The molecule has 0 spiro atoms. The van der Waals surface area contributed by atoms with Crippen LogP contribution in [0.2, 0.25) is 0 Å². The molecule has 1 fully saturated rings. The molecule has 0 amide bonds. The maximum absolute atomic E-state index is 6.19. The second-order valence-corrected chi connectivity index (χ2v) is 6.71. The molecular formula is C16H19BrN6O2. The van der Waals surface area contributed by atoms with Crippen molar-refractivity contribution in [1.82, 2.24) is 29.4 Å². The Labute approximate surface area is 153 Å². The third kappa shape index (κ3) is 3.13. The molecule has 4 rings (SSSR count). The van der Waals surface area contributed by atoms with Crippen LogP contribution in [0.4, 0.5) is 0 Å². The molecule has 3 heterocycles. The van der Waals surface area contributed by atoms with Gasteiger partial charge >= 0.3 is 0 Å². The van der Waals surface area contributed by atoms with E-state index in [0.29, 0.717) is 28.6 Å². The molecule has 8 nitrogen and oxygen atoms in total. The van der Waals surface area contributed by atoms with Crippen molar-refractivity contribution < 1.29 is 9.47 Å². The monoisotopic (exact) mass is 406 g/mol. The average molecular weight is 407 g/mol. The van der Waals surface area contributed by atoms with E-state index in [9.17, 15) is 0 Å². The molecule has 1 atom stereocenters. The number of fused-ring (bicyclic) bond motifs is 1. The number of halogens is 1. The maximum Gasteiger partial charge on any atom is 0.244 e. The molecule has 1 saturated carbocycles. The van der Waals surface area contributed by atoms with Crippen molar-refractivity contribution in [2.75, 3.05) is 6.61 Å². The quantitative estimate of drug-likeness (QED) is 0.624. The summed E-state index contributed by atoms with van der Waals surface area (Å²) in [6.07, 6.45) is 8.71. The van der Waals surface area contributed by atoms with Crippen molar-refractivity contribution in [1.29, 1.82) is 0 Å². The van der Waals surface area contributed by atoms with Crippen LogP contribution in [0.25, 0.3) is 16.9 Å². The lowest BCUT2D eigenvalue weighted by atomic mass is 9.96. The van der Waals surface area contributed by atoms with Crippen LogP contribution < -0.4 is 4.74 Å². The minimum atomic E-state index is -0.140. The number of hydrogen-bond acceptors (Lipinski definition) is 6. The molecule has 1 aliphatic carbocycles. The fraction of sp³-hybridized carbons (Fsp3) is 0.500. The van der Waals surface area contributed by atoms with E-state index in [4.69, 9.17) is 9.47 Å². The fourth-order valence-electron chi connectivity index (χ4n) is 2.74. The highest BCUT2D eigenvalue weighted by molar-refractivity contribution is 9.10. The Morgan fingerprint density at radius 2 is 2.20 bits per heavy atom. The molecule has 0 saturated heterocycles. The zero-order chi connectivity index (χ0) is 17.4. The highest BCUT2D eigenvalue weighted by atomic mass is 79.9. The van der Waals surface area contributed by atoms with E-state index >= 15 is 0 Å². The van der Waals surface area contributed by atoms with Crippen LogP contribution >= 0.6 is 15.9 Å². The predicted molar refractivity (Wildman–Crippen MR) is 94.3 cm³/mol. The lowest BCUT2D eigenvalue weighted by Gasteiger charge is -2.26. The standard InChI is InChI=1S/C16H19BrN6O2/c1-3-24-10(2)22-9-11(7-19-22)14-15(25-12-5-4-6-12)23-13(8-18-14)20-16(17)21-23/h7-10,12H,3-6H2,1-2H3. The molecule has 0 aromatic carbocycles. The van der Waals surface area contributed by atoms with Gasteiger partial charge in [0.25, 0.3) is 0 Å². The maximum atomic E-state index is 6.19. The van der Waals surface area contributed by atoms with Crippen molar-refractivity contribution in [3.05, 3.63) is 23.3 Å². The topological polar surface area (TPSA) is 79.4 Å². The van der Waals surface area contributed by atoms with Crippen molar-refractivity contribution in [3.63, 3.8) is 0 Å². The molecule has 3 aromatic rings. The molecule has 25 heavy (non-hydrogen) atoms. The van der Waals surface area contributed by atoms with Gasteiger partial charge in [-0.05, 0) is 49.0 Å². The van der Waals surface area contributed by atoms with Gasteiger partial charge in [0.2, 0.25) is 10.6 Å². The van der Waals surface area contributed by atoms with Gasteiger partial charge in [-0.1, -0.05) is 0 Å². The highest BCUT2D eigenvalue weighted by Gasteiger charge is 2.25. The van der Waals surface area contributed by atoms with Gasteiger partial charge in [0, 0.05) is 18.4 Å². The van der Waals surface area contributed by atoms with Gasteiger partial charge in [-0.3, -0.25) is 0 Å². The van der Waals surface area contributed by atoms with E-state index in [1.54, 1.807) is 21.6 Å². The van der Waals surface area contributed by atoms with E-state index in [2.05, 4.69) is 36.1 Å². The lowest BCUT2D eigenvalue weighted by Crippen LogP contribution is -2.26. The van der Waals surface area contributed by atoms with Crippen molar-refractivity contribution >= 4 is 21.6 Å². The summed E-state index contributed by atoms with van der Waals surface area (Å²) in [5.41, 5.74) is 2.20. The molecule has 1 aliphatic rings. The summed E-state index contributed by atoms with van der Waals surface area (Å²) in [5, 5.41) is 8.78. The van der Waals surface area contributed by atoms with Gasteiger partial charge in [0.05, 0.1) is 12.4 Å². The fourth-order valence-corrected chi connectivity index (χ4v) is 3.08. The minimum absolute atomic E-state index is 0.140. The van der Waals surface area contributed by atoms with Crippen LogP contribution in [0.1, 0.15) is 39.3 Å². The normalized spacial score (nSPS) is 16.1. The Hall–Kier alpha value is -2.00. The summed E-state index contributed by atoms with van der Waals surface area (Å²) >= 11 is 3.32. The van der Waals surface area contributed by atoms with Crippen LogP contribution in [-0.2, 0) is 4.74 Å². The molecule has 0 aliphatic heterocycles. The Bertz CT molecular complexity index is 888. The summed E-state index contributed by atoms with van der Waals surface area (Å²) in [6.45, 7) is 4.55. The third-order valence-electron chi connectivity index (χ3n) is 4.30. The number of aromatic nitrogens is 6. The second kappa shape index (κ2) is 6.72. The largest absolute Gasteiger partial charge is 0.473 e. The summed E-state index contributed by atoms with van der Waals surface area (Å²) in [5.74, 6) is 0.601. The molecule has 3 aromatic heterocycles. The van der Waals surface area contributed by atoms with Gasteiger partial charge in [0.15, 0.2) is 5.65 Å². The van der Waals surface area contributed by atoms with Crippen LogP contribution in [0.5, 0.6) is 5.88 Å².